The lowest BCUT2D eigenvalue weighted by molar-refractivity contribution is 0.372. The summed E-state index contributed by atoms with van der Waals surface area (Å²) in [6.45, 7) is 0. The molecule has 0 atom stereocenters. The van der Waals surface area contributed by atoms with Crippen molar-refractivity contribution in [1.82, 2.24) is 14.6 Å². The summed E-state index contributed by atoms with van der Waals surface area (Å²) < 4.78 is 2.74. The Morgan fingerprint density at radius 1 is 1.44 bits per heavy atom. The van der Waals surface area contributed by atoms with E-state index in [1.807, 2.05) is 18.3 Å². The molecule has 0 amide bonds. The Hall–Kier alpha value is -1.14. The lowest BCUT2D eigenvalue weighted by Crippen LogP contribution is -2.44. The fraction of sp³-hybridized carbons (Fsp3) is 0.400. The van der Waals surface area contributed by atoms with Crippen LogP contribution < -0.4 is 11.1 Å². The highest BCUT2D eigenvalue weighted by Gasteiger charge is 2.26. The van der Waals surface area contributed by atoms with Gasteiger partial charge in [0.15, 0.2) is 5.65 Å². The first-order valence-corrected chi connectivity index (χ1v) is 6.04. The molecular weight excluding hydrogens is 270 g/mol. The maximum atomic E-state index is 5.73. The molecule has 0 bridgehead atoms. The van der Waals surface area contributed by atoms with Crippen LogP contribution in [0, 0.1) is 0 Å². The molecule has 0 aliphatic heterocycles. The zero-order valence-corrected chi connectivity index (χ0v) is 10.2. The minimum Gasteiger partial charge on any atom is -0.350 e. The normalized spacial score (nSPS) is 24.4. The first-order chi connectivity index (χ1) is 7.70. The number of hydrogen-bond donors (Lipinski definition) is 2. The van der Waals surface area contributed by atoms with Crippen molar-refractivity contribution in [3.8, 4) is 0 Å². The van der Waals surface area contributed by atoms with Gasteiger partial charge in [0, 0.05) is 22.8 Å². The quantitative estimate of drug-likeness (QED) is 0.873. The van der Waals surface area contributed by atoms with E-state index < -0.39 is 0 Å². The van der Waals surface area contributed by atoms with Crippen LogP contribution in [0.5, 0.6) is 0 Å². The molecule has 0 spiro atoms. The molecule has 6 heteroatoms. The molecule has 0 radical (unpaired) electrons. The molecule has 0 saturated heterocycles. The Kier molecular flexibility index (Phi) is 2.33. The molecule has 2 aromatic heterocycles. The molecule has 5 nitrogen and oxygen atoms in total. The van der Waals surface area contributed by atoms with E-state index >= 15 is 0 Å². The van der Waals surface area contributed by atoms with Gasteiger partial charge in [-0.25, -0.2) is 4.52 Å². The summed E-state index contributed by atoms with van der Waals surface area (Å²) in [6, 6.07) is 4.64. The number of nitrogens with two attached hydrogens (primary N) is 1. The topological polar surface area (TPSA) is 68.2 Å². The molecule has 0 aromatic carbocycles. The lowest BCUT2D eigenvalue weighted by Gasteiger charge is -2.32. The van der Waals surface area contributed by atoms with Crippen molar-refractivity contribution in [3.05, 3.63) is 22.8 Å². The van der Waals surface area contributed by atoms with Crippen molar-refractivity contribution < 1.29 is 0 Å². The third kappa shape index (κ3) is 1.78. The van der Waals surface area contributed by atoms with E-state index in [9.17, 15) is 0 Å². The lowest BCUT2D eigenvalue weighted by atomic mass is 9.88. The van der Waals surface area contributed by atoms with Gasteiger partial charge in [-0.05, 0) is 40.9 Å². The SMILES string of the molecule is NC1CC(Nc2nc3ccc(Br)cn3n2)C1. The van der Waals surface area contributed by atoms with Crippen molar-refractivity contribution in [2.45, 2.75) is 24.9 Å². The van der Waals surface area contributed by atoms with Gasteiger partial charge in [-0.15, -0.1) is 5.10 Å². The number of nitrogens with one attached hydrogen (secondary N) is 1. The number of nitrogens with zero attached hydrogens (tertiary/aromatic N) is 3. The molecule has 3 rings (SSSR count). The zero-order valence-electron chi connectivity index (χ0n) is 8.60. The minimum absolute atomic E-state index is 0.337. The zero-order chi connectivity index (χ0) is 11.1. The summed E-state index contributed by atoms with van der Waals surface area (Å²) in [4.78, 5) is 4.38. The van der Waals surface area contributed by atoms with E-state index in [0.717, 1.165) is 23.0 Å². The second kappa shape index (κ2) is 3.71. The smallest absolute Gasteiger partial charge is 0.243 e. The van der Waals surface area contributed by atoms with Crippen molar-refractivity contribution in [2.75, 3.05) is 5.32 Å². The van der Waals surface area contributed by atoms with Crippen LogP contribution in [0.25, 0.3) is 5.65 Å². The van der Waals surface area contributed by atoms with Crippen molar-refractivity contribution >= 4 is 27.5 Å². The number of rotatable bonds is 2. The molecule has 2 aromatic rings. The molecule has 16 heavy (non-hydrogen) atoms. The van der Waals surface area contributed by atoms with Crippen LogP contribution in [0.1, 0.15) is 12.8 Å². The average molecular weight is 282 g/mol. The highest BCUT2D eigenvalue weighted by Crippen LogP contribution is 2.21. The number of hydrogen-bond acceptors (Lipinski definition) is 4. The number of fused-ring (bicyclic) bond motifs is 1. The summed E-state index contributed by atoms with van der Waals surface area (Å²) in [5.74, 6) is 0.676. The molecule has 1 fully saturated rings. The molecular formula is C10H12BrN5. The van der Waals surface area contributed by atoms with E-state index in [-0.39, 0.29) is 0 Å². The van der Waals surface area contributed by atoms with Gasteiger partial charge in [0.05, 0.1) is 0 Å². The van der Waals surface area contributed by atoms with E-state index in [1.165, 1.54) is 0 Å². The molecule has 3 N–H and O–H groups in total. The first kappa shape index (κ1) is 10.0. The predicted octanol–water partition coefficient (Wildman–Crippen LogP) is 1.39. The van der Waals surface area contributed by atoms with Gasteiger partial charge in [-0.3, -0.25) is 0 Å². The van der Waals surface area contributed by atoms with Gasteiger partial charge in [-0.1, -0.05) is 0 Å². The van der Waals surface area contributed by atoms with E-state index in [1.54, 1.807) is 4.52 Å². The van der Waals surface area contributed by atoms with Crippen LogP contribution in [-0.4, -0.2) is 26.7 Å². The summed E-state index contributed by atoms with van der Waals surface area (Å²) >= 11 is 3.40. The van der Waals surface area contributed by atoms with Crippen LogP contribution in [0.15, 0.2) is 22.8 Å². The van der Waals surface area contributed by atoms with Gasteiger partial charge in [0.1, 0.15) is 0 Å². The van der Waals surface area contributed by atoms with Gasteiger partial charge in [-0.2, -0.15) is 4.98 Å². The van der Waals surface area contributed by atoms with Crippen LogP contribution in [0.4, 0.5) is 5.95 Å². The summed E-state index contributed by atoms with van der Waals surface area (Å²) in [5.41, 5.74) is 6.57. The van der Waals surface area contributed by atoms with Crippen LogP contribution in [0.3, 0.4) is 0 Å². The Labute approximate surface area is 101 Å². The molecule has 84 valence electrons. The second-order valence-corrected chi connectivity index (χ2v) is 5.07. The van der Waals surface area contributed by atoms with Crippen LogP contribution in [-0.2, 0) is 0 Å². The Morgan fingerprint density at radius 2 is 2.25 bits per heavy atom. The Balaban J connectivity index is 1.82. The number of aromatic nitrogens is 3. The third-order valence-corrected chi connectivity index (χ3v) is 3.27. The van der Waals surface area contributed by atoms with Crippen molar-refractivity contribution in [3.63, 3.8) is 0 Å². The summed E-state index contributed by atoms with van der Waals surface area (Å²) in [7, 11) is 0. The maximum Gasteiger partial charge on any atom is 0.243 e. The molecule has 1 aliphatic carbocycles. The van der Waals surface area contributed by atoms with Crippen LogP contribution >= 0.6 is 15.9 Å². The van der Waals surface area contributed by atoms with E-state index in [2.05, 4.69) is 31.3 Å². The largest absolute Gasteiger partial charge is 0.350 e. The van der Waals surface area contributed by atoms with Crippen LogP contribution in [0.2, 0.25) is 0 Å². The third-order valence-electron chi connectivity index (χ3n) is 2.80. The van der Waals surface area contributed by atoms with Gasteiger partial charge < -0.3 is 11.1 Å². The van der Waals surface area contributed by atoms with Gasteiger partial charge >= 0.3 is 0 Å². The molecule has 1 aliphatic rings. The minimum atomic E-state index is 0.337. The van der Waals surface area contributed by atoms with Gasteiger partial charge in [0.2, 0.25) is 5.95 Å². The number of anilines is 1. The monoisotopic (exact) mass is 281 g/mol. The summed E-state index contributed by atoms with van der Waals surface area (Å²) in [6.07, 6.45) is 3.89. The molecule has 0 unspecified atom stereocenters. The van der Waals surface area contributed by atoms with Gasteiger partial charge in [0.25, 0.3) is 0 Å². The second-order valence-electron chi connectivity index (χ2n) is 4.16. The number of pyridine rings is 1. The predicted molar refractivity (Wildman–Crippen MR) is 65.3 cm³/mol. The van der Waals surface area contributed by atoms with Crippen molar-refractivity contribution in [1.29, 1.82) is 0 Å². The Morgan fingerprint density at radius 3 is 3.00 bits per heavy atom. The summed E-state index contributed by atoms with van der Waals surface area (Å²) in [5, 5.41) is 7.62. The Bertz CT molecular complexity index is 517. The molecule has 2 heterocycles. The fourth-order valence-corrected chi connectivity index (χ4v) is 2.21. The van der Waals surface area contributed by atoms with E-state index in [4.69, 9.17) is 5.73 Å². The number of halogens is 1. The highest BCUT2D eigenvalue weighted by atomic mass is 79.9. The maximum absolute atomic E-state index is 5.73. The molecule has 1 saturated carbocycles. The standard InChI is InChI=1S/C10H12BrN5/c11-6-1-2-9-14-10(15-16(9)5-6)13-8-3-7(12)4-8/h1-2,5,7-8H,3-4,12H2,(H,13,15). The fourth-order valence-electron chi connectivity index (χ4n) is 1.88. The highest BCUT2D eigenvalue weighted by molar-refractivity contribution is 9.10. The van der Waals surface area contributed by atoms with E-state index in [0.29, 0.717) is 18.0 Å². The first-order valence-electron chi connectivity index (χ1n) is 5.25. The van der Waals surface area contributed by atoms with Crippen molar-refractivity contribution in [2.24, 2.45) is 5.73 Å². The average Bonchev–Trinajstić information content (AvgIpc) is 2.57.